The van der Waals surface area contributed by atoms with E-state index >= 15 is 0 Å². The fraction of sp³-hybridized carbons (Fsp3) is 0.286. The van der Waals surface area contributed by atoms with Crippen molar-refractivity contribution in [1.82, 2.24) is 9.79 Å². The lowest BCUT2D eigenvalue weighted by atomic mass is 10.2. The minimum Gasteiger partial charge on any atom is -0.425 e. The van der Waals surface area contributed by atoms with Crippen molar-refractivity contribution in [2.24, 2.45) is 0 Å². The molecule has 4 rings (SSSR count). The van der Waals surface area contributed by atoms with Crippen molar-refractivity contribution < 1.29 is 31.6 Å². The highest BCUT2D eigenvalue weighted by molar-refractivity contribution is 9.10. The lowest BCUT2D eigenvalue weighted by molar-refractivity contribution is 0.0505. The summed E-state index contributed by atoms with van der Waals surface area (Å²) in [5, 5.41) is 0.696. The van der Waals surface area contributed by atoms with Crippen molar-refractivity contribution in [2.75, 3.05) is 37.7 Å². The molecular formula is C21H21BrFN3O6S. The molecule has 1 aromatic heterocycles. The van der Waals surface area contributed by atoms with Crippen LogP contribution in [0.25, 0.3) is 11.0 Å². The normalized spacial score (nSPS) is 15.1. The third kappa shape index (κ3) is 4.98. The van der Waals surface area contributed by atoms with Gasteiger partial charge in [0.2, 0.25) is 10.0 Å². The Balaban J connectivity index is 1.48. The van der Waals surface area contributed by atoms with Gasteiger partial charge in [0.15, 0.2) is 0 Å². The van der Waals surface area contributed by atoms with Gasteiger partial charge in [-0.1, -0.05) is 6.07 Å². The van der Waals surface area contributed by atoms with Crippen LogP contribution in [0.3, 0.4) is 0 Å². The van der Waals surface area contributed by atoms with E-state index in [1.807, 2.05) is 11.0 Å². The Morgan fingerprint density at radius 3 is 2.64 bits per heavy atom. The van der Waals surface area contributed by atoms with Crippen LogP contribution in [-0.2, 0) is 14.9 Å². The highest BCUT2D eigenvalue weighted by Crippen LogP contribution is 2.38. The largest absolute Gasteiger partial charge is 0.439 e. The number of nitrogens with zero attached hydrogens (tertiary/aromatic N) is 2. The monoisotopic (exact) mass is 541 g/mol. The molecule has 176 valence electrons. The molecule has 0 atom stereocenters. The van der Waals surface area contributed by atoms with Crippen LogP contribution in [0.15, 0.2) is 56.2 Å². The number of nitrogens with one attached hydrogen (secondary N) is 1. The summed E-state index contributed by atoms with van der Waals surface area (Å²) in [5.74, 6) is -0.586. The molecule has 3 aromatic rings. The zero-order valence-electron chi connectivity index (χ0n) is 17.6. The summed E-state index contributed by atoms with van der Waals surface area (Å²) in [4.78, 5) is 18.4. The predicted molar refractivity (Wildman–Crippen MR) is 122 cm³/mol. The van der Waals surface area contributed by atoms with Crippen molar-refractivity contribution in [3.8, 4) is 5.95 Å². The summed E-state index contributed by atoms with van der Waals surface area (Å²) in [6.45, 7) is 3.40. The van der Waals surface area contributed by atoms with Crippen molar-refractivity contribution in [3.63, 3.8) is 0 Å². The van der Waals surface area contributed by atoms with Gasteiger partial charge in [-0.2, -0.15) is 9.79 Å². The quantitative estimate of drug-likeness (QED) is 0.472. The first-order chi connectivity index (χ1) is 15.8. The molecular weight excluding hydrogens is 521 g/mol. The molecule has 1 fully saturated rings. The second-order valence-electron chi connectivity index (χ2n) is 7.15. The third-order valence-electron chi connectivity index (χ3n) is 5.10. The van der Waals surface area contributed by atoms with Gasteiger partial charge < -0.3 is 14.1 Å². The standard InChI is InChI=1S/C21H21BrFN3O6S/c1-2-30-24-21(27)32-19-13-16-18(31-19)7-6-17(20(16)22)25-8-10-26(11-9-25)33(28,29)15-5-3-4-14(23)12-15/h3-7,12-13H,2,8-11H2,1H3,(H,24,27). The molecule has 9 nitrogen and oxygen atoms in total. The van der Waals surface area contributed by atoms with Gasteiger partial charge in [-0.05, 0) is 53.2 Å². The number of fused-ring (bicyclic) bond motifs is 1. The van der Waals surface area contributed by atoms with E-state index in [0.29, 0.717) is 30.7 Å². The minimum absolute atomic E-state index is 0.00561. The maximum absolute atomic E-state index is 13.5. The molecule has 33 heavy (non-hydrogen) atoms. The molecule has 2 aromatic carbocycles. The molecule has 1 N–H and O–H groups in total. The molecule has 1 amide bonds. The lowest BCUT2D eigenvalue weighted by Gasteiger charge is -2.35. The van der Waals surface area contributed by atoms with Gasteiger partial charge in [0.25, 0.3) is 5.95 Å². The van der Waals surface area contributed by atoms with Crippen LogP contribution in [0.2, 0.25) is 0 Å². The van der Waals surface area contributed by atoms with Gasteiger partial charge >= 0.3 is 6.09 Å². The van der Waals surface area contributed by atoms with Crippen LogP contribution < -0.4 is 15.1 Å². The Bertz CT molecular complexity index is 1270. The molecule has 0 bridgehead atoms. The van der Waals surface area contributed by atoms with Crippen molar-refractivity contribution in [3.05, 3.63) is 52.8 Å². The topological polar surface area (TPSA) is 101 Å². The van der Waals surface area contributed by atoms with Crippen LogP contribution >= 0.6 is 15.9 Å². The van der Waals surface area contributed by atoms with Crippen LogP contribution in [0.5, 0.6) is 5.95 Å². The van der Waals surface area contributed by atoms with E-state index in [4.69, 9.17) is 14.0 Å². The zero-order chi connectivity index (χ0) is 23.6. The average Bonchev–Trinajstić information content (AvgIpc) is 3.21. The van der Waals surface area contributed by atoms with E-state index in [0.717, 1.165) is 16.2 Å². The Morgan fingerprint density at radius 1 is 1.18 bits per heavy atom. The number of carbonyl (C=O) groups excluding carboxylic acids is 1. The number of benzene rings is 2. The number of sulfonamides is 1. The Morgan fingerprint density at radius 2 is 1.94 bits per heavy atom. The molecule has 1 aliphatic heterocycles. The van der Waals surface area contributed by atoms with Crippen LogP contribution in [0.1, 0.15) is 6.92 Å². The fourth-order valence-electron chi connectivity index (χ4n) is 3.53. The Kier molecular flexibility index (Phi) is 6.88. The van der Waals surface area contributed by atoms with E-state index in [2.05, 4.69) is 21.4 Å². The number of hydrogen-bond acceptors (Lipinski definition) is 7. The molecule has 12 heteroatoms. The van der Waals surface area contributed by atoms with E-state index in [1.54, 1.807) is 19.1 Å². The van der Waals surface area contributed by atoms with Crippen LogP contribution in [-0.4, -0.2) is 51.6 Å². The number of ether oxygens (including phenoxy) is 1. The van der Waals surface area contributed by atoms with Crippen molar-refractivity contribution in [1.29, 1.82) is 0 Å². The lowest BCUT2D eigenvalue weighted by Crippen LogP contribution is -2.48. The van der Waals surface area contributed by atoms with Gasteiger partial charge in [-0.15, -0.1) is 0 Å². The molecule has 0 spiro atoms. The number of amides is 1. The highest BCUT2D eigenvalue weighted by Gasteiger charge is 2.29. The second kappa shape index (κ2) is 9.67. The number of hydrogen-bond donors (Lipinski definition) is 1. The summed E-state index contributed by atoms with van der Waals surface area (Å²) in [6.07, 6.45) is -0.803. The SMILES string of the molecule is CCONC(=O)Oc1cc2c(Br)c(N3CCN(S(=O)(=O)c4cccc(F)c4)CC3)ccc2o1. The minimum atomic E-state index is -3.77. The molecule has 0 radical (unpaired) electrons. The fourth-order valence-corrected chi connectivity index (χ4v) is 5.67. The summed E-state index contributed by atoms with van der Waals surface area (Å²) in [6, 6.07) is 10.2. The number of carbonyl (C=O) groups is 1. The number of piperazine rings is 1. The van der Waals surface area contributed by atoms with E-state index in [1.165, 1.54) is 22.5 Å². The number of anilines is 1. The summed E-state index contributed by atoms with van der Waals surface area (Å²) in [7, 11) is -3.77. The number of rotatable bonds is 6. The van der Waals surface area contributed by atoms with Gasteiger partial charge in [0.05, 0.1) is 21.7 Å². The number of hydroxylamine groups is 1. The first-order valence-corrected chi connectivity index (χ1v) is 12.3. The maximum Gasteiger partial charge on any atom is 0.439 e. The molecule has 1 saturated heterocycles. The van der Waals surface area contributed by atoms with Crippen molar-refractivity contribution >= 4 is 48.7 Å². The van der Waals surface area contributed by atoms with Gasteiger partial charge in [0.1, 0.15) is 11.4 Å². The first kappa shape index (κ1) is 23.5. The Hall–Kier alpha value is -2.67. The first-order valence-electron chi connectivity index (χ1n) is 10.1. The van der Waals surface area contributed by atoms with E-state index in [9.17, 15) is 17.6 Å². The van der Waals surface area contributed by atoms with Gasteiger partial charge in [0, 0.05) is 37.6 Å². The third-order valence-corrected chi connectivity index (χ3v) is 7.83. The summed E-state index contributed by atoms with van der Waals surface area (Å²) >= 11 is 3.58. The number of halogens is 2. The summed E-state index contributed by atoms with van der Waals surface area (Å²) < 4.78 is 51.9. The van der Waals surface area contributed by atoms with Gasteiger partial charge in [-0.25, -0.2) is 17.6 Å². The van der Waals surface area contributed by atoms with Crippen molar-refractivity contribution in [2.45, 2.75) is 11.8 Å². The summed E-state index contributed by atoms with van der Waals surface area (Å²) in [5.41, 5.74) is 3.47. The smallest absolute Gasteiger partial charge is 0.425 e. The maximum atomic E-state index is 13.5. The second-order valence-corrected chi connectivity index (χ2v) is 9.88. The van der Waals surface area contributed by atoms with E-state index < -0.39 is 21.9 Å². The Labute approximate surface area is 198 Å². The number of furan rings is 1. The molecule has 0 aliphatic carbocycles. The van der Waals surface area contributed by atoms with E-state index in [-0.39, 0.29) is 23.9 Å². The van der Waals surface area contributed by atoms with Crippen LogP contribution in [0, 0.1) is 5.82 Å². The molecule has 1 aliphatic rings. The molecule has 2 heterocycles. The molecule has 0 saturated carbocycles. The van der Waals surface area contributed by atoms with Crippen LogP contribution in [0.4, 0.5) is 14.9 Å². The average molecular weight is 542 g/mol. The highest BCUT2D eigenvalue weighted by atomic mass is 79.9. The zero-order valence-corrected chi connectivity index (χ0v) is 20.0. The van der Waals surface area contributed by atoms with Gasteiger partial charge in [-0.3, -0.25) is 4.84 Å². The predicted octanol–water partition coefficient (Wildman–Crippen LogP) is 3.89. The molecule has 0 unspecified atom stereocenters.